The predicted octanol–water partition coefficient (Wildman–Crippen LogP) is 5.69. The van der Waals surface area contributed by atoms with Crippen LogP contribution in [0.15, 0.2) is 48.5 Å². The first-order valence-electron chi connectivity index (χ1n) is 9.99. The van der Waals surface area contributed by atoms with Gasteiger partial charge in [-0.05, 0) is 70.1 Å². The summed E-state index contributed by atoms with van der Waals surface area (Å²) in [6, 6.07) is 12.6. The Kier molecular flexibility index (Phi) is 4.11. The molecule has 1 heterocycles. The Labute approximate surface area is 193 Å². The van der Waals surface area contributed by atoms with Crippen molar-refractivity contribution in [3.63, 3.8) is 0 Å². The third-order valence-electron chi connectivity index (χ3n) is 5.72. The van der Waals surface area contributed by atoms with E-state index in [4.69, 9.17) is 24.4 Å². The number of benzene rings is 5. The first kappa shape index (κ1) is 20.3. The van der Waals surface area contributed by atoms with E-state index in [2.05, 4.69) is 4.74 Å². The van der Waals surface area contributed by atoms with Crippen LogP contribution in [0.4, 0.5) is 14.4 Å². The third kappa shape index (κ3) is 2.99. The number of fused-ring (bicyclic) bond motifs is 2. The third-order valence-corrected chi connectivity index (χ3v) is 5.72. The van der Waals surface area contributed by atoms with Crippen LogP contribution in [0.5, 0.6) is 23.0 Å². The van der Waals surface area contributed by atoms with Crippen LogP contribution in [-0.2, 0) is 4.74 Å². The zero-order chi connectivity index (χ0) is 24.4. The average Bonchev–Trinajstić information content (AvgIpc) is 2.78. The van der Waals surface area contributed by atoms with Crippen LogP contribution in [0.25, 0.3) is 43.1 Å². The summed E-state index contributed by atoms with van der Waals surface area (Å²) < 4.78 is 25.2. The molecular weight excluding hydrogens is 462 g/mol. The van der Waals surface area contributed by atoms with Crippen molar-refractivity contribution in [3.8, 4) is 23.0 Å². The number of ether oxygens (including phenoxy) is 5. The minimum absolute atomic E-state index is 0.0976. The second-order valence-corrected chi connectivity index (χ2v) is 7.52. The van der Waals surface area contributed by atoms with E-state index in [0.717, 1.165) is 0 Å². The second kappa shape index (κ2) is 7.09. The number of carbonyl (C=O) groups is 3. The molecule has 3 N–H and O–H groups in total. The molecule has 0 fully saturated rings. The van der Waals surface area contributed by atoms with E-state index in [1.165, 1.54) is 12.1 Å². The molecule has 172 valence electrons. The van der Waals surface area contributed by atoms with Crippen molar-refractivity contribution in [2.45, 2.75) is 0 Å². The smallest absolute Gasteiger partial charge is 0.449 e. The summed E-state index contributed by atoms with van der Waals surface area (Å²) >= 11 is 0. The topological polar surface area (TPSA) is 162 Å². The molecule has 5 aromatic carbocycles. The van der Waals surface area contributed by atoms with Gasteiger partial charge in [0.25, 0.3) is 0 Å². The molecule has 0 atom stereocenters. The van der Waals surface area contributed by atoms with Gasteiger partial charge in [-0.25, -0.2) is 19.8 Å². The lowest BCUT2D eigenvalue weighted by molar-refractivity contribution is 0.134. The summed E-state index contributed by atoms with van der Waals surface area (Å²) in [6.07, 6.45) is -5.01. The van der Waals surface area contributed by atoms with Gasteiger partial charge in [-0.1, -0.05) is 0 Å². The molecule has 0 radical (unpaired) electrons. The quantitative estimate of drug-likeness (QED) is 0.126. The highest BCUT2D eigenvalue weighted by Crippen LogP contribution is 2.49. The van der Waals surface area contributed by atoms with Gasteiger partial charge in [0, 0.05) is 10.8 Å². The van der Waals surface area contributed by atoms with Crippen LogP contribution in [-0.4, -0.2) is 34.8 Å². The van der Waals surface area contributed by atoms with Crippen molar-refractivity contribution in [1.82, 2.24) is 0 Å². The molecule has 11 heteroatoms. The number of carbonyl (C=O) groups excluding carboxylic acids is 1. The lowest BCUT2D eigenvalue weighted by atomic mass is 9.88. The van der Waals surface area contributed by atoms with E-state index in [9.17, 15) is 24.6 Å². The SMILES string of the molecule is N=C1OC(=O)Oc2ccc3c4ccc(OC(=O)O)c5c(OC(=O)O)ccc(c6ccc(c2c63)O1)c54. The average molecular weight is 473 g/mol. The Hall–Kier alpha value is -5.32. The molecule has 0 spiro atoms. The zero-order valence-corrected chi connectivity index (χ0v) is 17.3. The number of cyclic esters (lactones) is 1. The molecule has 0 aromatic heterocycles. The zero-order valence-electron chi connectivity index (χ0n) is 17.3. The Bertz CT molecular complexity index is 1650. The van der Waals surface area contributed by atoms with Gasteiger partial charge in [0.15, 0.2) is 0 Å². The number of hydrogen-bond donors (Lipinski definition) is 3. The van der Waals surface area contributed by atoms with Crippen LogP contribution in [0.1, 0.15) is 0 Å². The fourth-order valence-corrected chi connectivity index (χ4v) is 4.60. The largest absolute Gasteiger partial charge is 0.522 e. The van der Waals surface area contributed by atoms with Crippen LogP contribution in [0.3, 0.4) is 0 Å². The Morgan fingerprint density at radius 3 is 1.60 bits per heavy atom. The first-order chi connectivity index (χ1) is 16.8. The standard InChI is InChI=1S/C24H11NO10/c25-21-31-13-5-1-9-10-2-6-14(32-22(26)27)20-15(33-23(28)29)7-3-11(18(10)20)12-4-8-16(19(13)17(9)12)34-24(30)35-21/h1-8,25H,(H,26,27)(H,28,29). The van der Waals surface area contributed by atoms with Crippen molar-refractivity contribution >= 4 is 67.6 Å². The summed E-state index contributed by atoms with van der Waals surface area (Å²) in [5.74, 6) is 0.197. The van der Waals surface area contributed by atoms with E-state index >= 15 is 0 Å². The molecule has 0 unspecified atom stereocenters. The van der Waals surface area contributed by atoms with Crippen molar-refractivity contribution in [3.05, 3.63) is 48.5 Å². The molecule has 0 bridgehead atoms. The fraction of sp³-hybridized carbons (Fsp3) is 0. The number of hydrogen-bond acceptors (Lipinski definition) is 9. The van der Waals surface area contributed by atoms with Crippen LogP contribution in [0, 0.1) is 5.41 Å². The molecule has 0 amide bonds. The minimum Gasteiger partial charge on any atom is -0.449 e. The maximum atomic E-state index is 12.0. The van der Waals surface area contributed by atoms with Crippen LogP contribution < -0.4 is 18.9 Å². The summed E-state index contributed by atoms with van der Waals surface area (Å²) in [7, 11) is 0. The monoisotopic (exact) mass is 473 g/mol. The van der Waals surface area contributed by atoms with E-state index in [-0.39, 0.29) is 28.4 Å². The van der Waals surface area contributed by atoms with Gasteiger partial charge in [-0.2, -0.15) is 0 Å². The molecule has 6 rings (SSSR count). The van der Waals surface area contributed by atoms with E-state index in [1.807, 2.05) is 0 Å². The van der Waals surface area contributed by atoms with Gasteiger partial charge in [-0.15, -0.1) is 0 Å². The molecule has 1 aliphatic heterocycles. The normalized spacial score (nSPS) is 13.3. The highest BCUT2D eigenvalue weighted by Gasteiger charge is 2.26. The molecule has 1 aliphatic rings. The van der Waals surface area contributed by atoms with E-state index in [1.54, 1.807) is 36.4 Å². The van der Waals surface area contributed by atoms with Crippen molar-refractivity contribution in [2.24, 2.45) is 0 Å². The van der Waals surface area contributed by atoms with Gasteiger partial charge in [0.2, 0.25) is 0 Å². The van der Waals surface area contributed by atoms with Crippen molar-refractivity contribution in [2.75, 3.05) is 0 Å². The summed E-state index contributed by atoms with van der Waals surface area (Å²) in [6.45, 7) is 0. The first-order valence-corrected chi connectivity index (χ1v) is 9.99. The maximum Gasteiger partial charge on any atom is 0.522 e. The van der Waals surface area contributed by atoms with Gasteiger partial charge >= 0.3 is 24.5 Å². The highest BCUT2D eigenvalue weighted by atomic mass is 16.8. The molecule has 35 heavy (non-hydrogen) atoms. The highest BCUT2D eigenvalue weighted by molar-refractivity contribution is 6.35. The molecule has 0 saturated carbocycles. The molecule has 0 aliphatic carbocycles. The number of rotatable bonds is 2. The summed E-state index contributed by atoms with van der Waals surface area (Å²) in [4.78, 5) is 34.6. The van der Waals surface area contributed by atoms with Crippen LogP contribution >= 0.6 is 0 Å². The van der Waals surface area contributed by atoms with Crippen molar-refractivity contribution < 1.29 is 48.3 Å². The number of carboxylic acid groups (broad SMARTS) is 2. The fourth-order valence-electron chi connectivity index (χ4n) is 4.60. The molecule has 11 nitrogen and oxygen atoms in total. The van der Waals surface area contributed by atoms with Gasteiger partial charge in [0.05, 0.1) is 10.8 Å². The molecule has 0 saturated heterocycles. The van der Waals surface area contributed by atoms with E-state index < -0.39 is 24.5 Å². The van der Waals surface area contributed by atoms with Crippen LogP contribution in [0.2, 0.25) is 0 Å². The van der Waals surface area contributed by atoms with Gasteiger partial charge < -0.3 is 33.9 Å². The second-order valence-electron chi connectivity index (χ2n) is 7.52. The maximum absolute atomic E-state index is 12.0. The summed E-state index contributed by atoms with van der Waals surface area (Å²) in [5, 5.41) is 30.5. The lowest BCUT2D eigenvalue weighted by Gasteiger charge is -2.21. The predicted molar refractivity (Wildman–Crippen MR) is 120 cm³/mol. The number of nitrogens with one attached hydrogen (secondary N) is 1. The molecular formula is C24H11NO10. The minimum atomic E-state index is -1.57. The van der Waals surface area contributed by atoms with Gasteiger partial charge in [0.1, 0.15) is 23.0 Å². The van der Waals surface area contributed by atoms with E-state index in [0.29, 0.717) is 37.7 Å². The molecule has 5 aromatic rings. The summed E-state index contributed by atoms with van der Waals surface area (Å²) in [5.41, 5.74) is 0. The van der Waals surface area contributed by atoms with Gasteiger partial charge in [-0.3, -0.25) is 0 Å². The lowest BCUT2D eigenvalue weighted by Crippen LogP contribution is -2.22. The van der Waals surface area contributed by atoms with Crippen molar-refractivity contribution in [1.29, 1.82) is 5.41 Å². The Morgan fingerprint density at radius 1 is 0.629 bits per heavy atom. The Balaban J connectivity index is 1.81. The Morgan fingerprint density at radius 2 is 1.09 bits per heavy atom.